The number of rotatable bonds is 5. The molecule has 21 heavy (non-hydrogen) atoms. The van der Waals surface area contributed by atoms with Gasteiger partial charge in [-0.3, -0.25) is 10.1 Å². The van der Waals surface area contributed by atoms with Gasteiger partial charge in [0.2, 0.25) is 0 Å². The van der Waals surface area contributed by atoms with Crippen LogP contribution in [0.15, 0.2) is 46.9 Å². The van der Waals surface area contributed by atoms with Gasteiger partial charge in [0.1, 0.15) is 5.82 Å². The van der Waals surface area contributed by atoms with Crippen LogP contribution in [0.1, 0.15) is 24.1 Å². The molecule has 0 amide bonds. The molecule has 2 aromatic carbocycles. The highest BCUT2D eigenvalue weighted by molar-refractivity contribution is 9.10. The van der Waals surface area contributed by atoms with Gasteiger partial charge in [-0.15, -0.1) is 0 Å². The largest absolute Gasteiger partial charge is 0.306 e. The summed E-state index contributed by atoms with van der Waals surface area (Å²) in [6.07, 6.45) is 0. The van der Waals surface area contributed by atoms with Crippen molar-refractivity contribution in [2.24, 2.45) is 0 Å². The summed E-state index contributed by atoms with van der Waals surface area (Å²) in [5.41, 5.74) is 1.31. The Bertz CT molecular complexity index is 647. The number of hydrogen-bond donors (Lipinski definition) is 1. The fourth-order valence-corrected chi connectivity index (χ4v) is 2.27. The van der Waals surface area contributed by atoms with Gasteiger partial charge >= 0.3 is 0 Å². The molecule has 0 spiro atoms. The van der Waals surface area contributed by atoms with Crippen molar-refractivity contribution >= 4 is 21.6 Å². The van der Waals surface area contributed by atoms with E-state index in [1.165, 1.54) is 12.1 Å². The summed E-state index contributed by atoms with van der Waals surface area (Å²) in [6, 6.07) is 11.3. The molecule has 1 atom stereocenters. The van der Waals surface area contributed by atoms with Crippen LogP contribution in [0.4, 0.5) is 10.1 Å². The van der Waals surface area contributed by atoms with Crippen LogP contribution in [0.3, 0.4) is 0 Å². The van der Waals surface area contributed by atoms with Gasteiger partial charge < -0.3 is 5.32 Å². The molecule has 0 aromatic heterocycles. The fourth-order valence-electron chi connectivity index (χ4n) is 2.01. The maximum Gasteiger partial charge on any atom is 0.274 e. The molecule has 0 radical (unpaired) electrons. The number of nitro groups is 1. The summed E-state index contributed by atoms with van der Waals surface area (Å²) in [5, 5.41) is 14.1. The average Bonchev–Trinajstić information content (AvgIpc) is 2.45. The molecule has 0 heterocycles. The summed E-state index contributed by atoms with van der Waals surface area (Å²) >= 11 is 3.37. The zero-order chi connectivity index (χ0) is 15.4. The van der Waals surface area contributed by atoms with Crippen molar-refractivity contribution < 1.29 is 9.31 Å². The van der Waals surface area contributed by atoms with Crippen LogP contribution in [0.5, 0.6) is 0 Å². The fraction of sp³-hybridized carbons (Fsp3) is 0.200. The second-order valence-corrected chi connectivity index (χ2v) is 5.60. The number of nitrogens with one attached hydrogen (secondary N) is 1. The number of benzene rings is 2. The minimum atomic E-state index is -0.499. The van der Waals surface area contributed by atoms with E-state index >= 15 is 0 Å². The molecule has 0 saturated carbocycles. The Hall–Kier alpha value is -1.79. The summed E-state index contributed by atoms with van der Waals surface area (Å²) < 4.78 is 14.2. The van der Waals surface area contributed by atoms with E-state index in [2.05, 4.69) is 21.2 Å². The lowest BCUT2D eigenvalue weighted by Crippen LogP contribution is -2.18. The zero-order valence-corrected chi connectivity index (χ0v) is 12.9. The smallest absolute Gasteiger partial charge is 0.274 e. The van der Waals surface area contributed by atoms with Gasteiger partial charge in [0, 0.05) is 28.7 Å². The summed E-state index contributed by atoms with van der Waals surface area (Å²) in [7, 11) is 0. The minimum absolute atomic E-state index is 0.000899. The number of hydrogen-bond acceptors (Lipinski definition) is 3. The average molecular weight is 353 g/mol. The van der Waals surface area contributed by atoms with Gasteiger partial charge in [0.25, 0.3) is 5.69 Å². The predicted octanol–water partition coefficient (Wildman–Crippen LogP) is 4.35. The first-order chi connectivity index (χ1) is 9.97. The van der Waals surface area contributed by atoms with Crippen molar-refractivity contribution in [3.8, 4) is 0 Å². The van der Waals surface area contributed by atoms with Gasteiger partial charge in [-0.2, -0.15) is 0 Å². The van der Waals surface area contributed by atoms with Crippen LogP contribution in [0, 0.1) is 15.9 Å². The SMILES string of the molecule is C[C@H](NCc1cc(F)ccc1[N+](=O)[O-])c1ccc(Br)cc1. The summed E-state index contributed by atoms with van der Waals surface area (Å²) in [5.74, 6) is -0.478. The molecule has 110 valence electrons. The highest BCUT2D eigenvalue weighted by Crippen LogP contribution is 2.21. The highest BCUT2D eigenvalue weighted by Gasteiger charge is 2.15. The minimum Gasteiger partial charge on any atom is -0.306 e. The van der Waals surface area contributed by atoms with Crippen molar-refractivity contribution in [1.29, 1.82) is 0 Å². The zero-order valence-electron chi connectivity index (χ0n) is 11.3. The lowest BCUT2D eigenvalue weighted by atomic mass is 10.1. The number of nitrogens with zero attached hydrogens (tertiary/aromatic N) is 1. The van der Waals surface area contributed by atoms with Gasteiger partial charge in [0.15, 0.2) is 0 Å². The van der Waals surface area contributed by atoms with Crippen LogP contribution in [-0.4, -0.2) is 4.92 Å². The molecule has 4 nitrogen and oxygen atoms in total. The molecule has 0 aliphatic carbocycles. The molecular weight excluding hydrogens is 339 g/mol. The third-order valence-corrected chi connectivity index (χ3v) is 3.74. The maximum absolute atomic E-state index is 13.2. The molecule has 6 heteroatoms. The predicted molar refractivity (Wildman–Crippen MR) is 82.5 cm³/mol. The van der Waals surface area contributed by atoms with Crippen LogP contribution in [-0.2, 0) is 6.54 Å². The Kier molecular flexibility index (Phi) is 5.03. The van der Waals surface area contributed by atoms with E-state index < -0.39 is 10.7 Å². The standard InChI is InChI=1S/C15H14BrFN2O2/c1-10(11-2-4-13(16)5-3-11)18-9-12-8-14(17)6-7-15(12)19(20)21/h2-8,10,18H,9H2,1H3/t10-/m0/s1. The molecule has 0 saturated heterocycles. The van der Waals surface area contributed by atoms with E-state index in [4.69, 9.17) is 0 Å². The molecule has 2 rings (SSSR count). The Morgan fingerprint density at radius 3 is 2.57 bits per heavy atom. The van der Waals surface area contributed by atoms with Gasteiger partial charge in [-0.05, 0) is 36.8 Å². The van der Waals surface area contributed by atoms with Crippen molar-refractivity contribution in [3.63, 3.8) is 0 Å². The molecule has 0 fully saturated rings. The van der Waals surface area contributed by atoms with E-state index in [1.807, 2.05) is 31.2 Å². The first kappa shape index (κ1) is 15.6. The second-order valence-electron chi connectivity index (χ2n) is 4.68. The first-order valence-corrected chi connectivity index (χ1v) is 7.18. The second kappa shape index (κ2) is 6.78. The van der Waals surface area contributed by atoms with Crippen LogP contribution < -0.4 is 5.32 Å². The van der Waals surface area contributed by atoms with Crippen molar-refractivity contribution in [2.75, 3.05) is 0 Å². The molecular formula is C15H14BrFN2O2. The molecule has 2 aromatic rings. The van der Waals surface area contributed by atoms with Crippen molar-refractivity contribution in [3.05, 3.63) is 74.0 Å². The lowest BCUT2D eigenvalue weighted by Gasteiger charge is -2.14. The van der Waals surface area contributed by atoms with E-state index in [0.29, 0.717) is 5.56 Å². The first-order valence-electron chi connectivity index (χ1n) is 6.39. The van der Waals surface area contributed by atoms with E-state index in [1.54, 1.807) is 0 Å². The lowest BCUT2D eigenvalue weighted by molar-refractivity contribution is -0.385. The van der Waals surface area contributed by atoms with Gasteiger partial charge in [-0.25, -0.2) is 4.39 Å². The van der Waals surface area contributed by atoms with Crippen molar-refractivity contribution in [2.45, 2.75) is 19.5 Å². The highest BCUT2D eigenvalue weighted by atomic mass is 79.9. The van der Waals surface area contributed by atoms with Gasteiger partial charge in [0.05, 0.1) is 4.92 Å². The summed E-state index contributed by atoms with van der Waals surface area (Å²) in [4.78, 5) is 10.4. The molecule has 0 unspecified atom stereocenters. The molecule has 1 N–H and O–H groups in total. The summed E-state index contributed by atoms with van der Waals surface area (Å²) in [6.45, 7) is 2.18. The van der Waals surface area contributed by atoms with Crippen LogP contribution in [0.2, 0.25) is 0 Å². The normalized spacial score (nSPS) is 12.1. The van der Waals surface area contributed by atoms with Gasteiger partial charge in [-0.1, -0.05) is 28.1 Å². The number of halogens is 2. The Balaban J connectivity index is 2.10. The molecule has 0 aliphatic rings. The molecule has 0 aliphatic heterocycles. The van der Waals surface area contributed by atoms with Crippen LogP contribution >= 0.6 is 15.9 Å². The van der Waals surface area contributed by atoms with Crippen molar-refractivity contribution in [1.82, 2.24) is 5.32 Å². The molecule has 0 bridgehead atoms. The third kappa shape index (κ3) is 4.09. The topological polar surface area (TPSA) is 55.2 Å². The monoisotopic (exact) mass is 352 g/mol. The number of nitro benzene ring substituents is 1. The quantitative estimate of drug-likeness (QED) is 0.642. The van der Waals surface area contributed by atoms with E-state index in [0.717, 1.165) is 16.1 Å². The Morgan fingerprint density at radius 2 is 1.95 bits per heavy atom. The van der Waals surface area contributed by atoms with E-state index in [-0.39, 0.29) is 18.3 Å². The van der Waals surface area contributed by atoms with Crippen LogP contribution in [0.25, 0.3) is 0 Å². The van der Waals surface area contributed by atoms with E-state index in [9.17, 15) is 14.5 Å². The third-order valence-electron chi connectivity index (χ3n) is 3.21. The Morgan fingerprint density at radius 1 is 1.29 bits per heavy atom. The Labute approximate surface area is 130 Å². The maximum atomic E-state index is 13.2.